The van der Waals surface area contributed by atoms with Crippen molar-refractivity contribution in [3.8, 4) is 10.6 Å². The molecule has 0 aromatic carbocycles. The van der Waals surface area contributed by atoms with Crippen LogP contribution in [-0.4, -0.2) is 27.3 Å². The molecule has 0 saturated heterocycles. The van der Waals surface area contributed by atoms with Crippen LogP contribution in [0.5, 0.6) is 0 Å². The van der Waals surface area contributed by atoms with Gasteiger partial charge in [-0.05, 0) is 44.5 Å². The maximum absolute atomic E-state index is 5.51. The molecule has 0 aliphatic heterocycles. The molecule has 1 N–H and O–H groups in total. The van der Waals surface area contributed by atoms with Gasteiger partial charge < -0.3 is 4.52 Å². The van der Waals surface area contributed by atoms with Crippen molar-refractivity contribution in [1.29, 1.82) is 0 Å². The average Bonchev–Trinajstić information content (AvgIpc) is 3.27. The number of H-pyrrole nitrogens is 1. The van der Waals surface area contributed by atoms with Crippen LogP contribution in [0.4, 0.5) is 0 Å². The number of fused-ring (bicyclic) bond motifs is 1. The molecule has 0 unspecified atom stereocenters. The Hall–Kier alpha value is -1.92. The zero-order valence-corrected chi connectivity index (χ0v) is 14.0. The van der Waals surface area contributed by atoms with Gasteiger partial charge in [-0.3, -0.25) is 10.00 Å². The summed E-state index contributed by atoms with van der Waals surface area (Å²) >= 11 is 1.80. The molecule has 0 radical (unpaired) electrons. The highest BCUT2D eigenvalue weighted by atomic mass is 32.1. The number of nitrogens with zero attached hydrogens (tertiary/aromatic N) is 3. The second-order valence-corrected chi connectivity index (χ2v) is 7.31. The Kier molecular flexibility index (Phi) is 4.01. The molecule has 1 aliphatic carbocycles. The van der Waals surface area contributed by atoms with Gasteiger partial charge in [-0.25, -0.2) is 0 Å². The van der Waals surface area contributed by atoms with E-state index >= 15 is 0 Å². The van der Waals surface area contributed by atoms with Crippen molar-refractivity contribution in [2.24, 2.45) is 0 Å². The molecular formula is C17H20N4OS. The van der Waals surface area contributed by atoms with Crippen molar-refractivity contribution < 1.29 is 4.52 Å². The fraction of sp³-hybridized carbons (Fsp3) is 0.412. The highest BCUT2D eigenvalue weighted by molar-refractivity contribution is 7.15. The van der Waals surface area contributed by atoms with E-state index in [1.54, 1.807) is 17.5 Å². The lowest BCUT2D eigenvalue weighted by molar-refractivity contribution is 0.303. The SMILES string of the molecule is CN(Cc1ccc(-c2ccn[nH]2)s1)Cc1noc2c1CCCC2. The Morgan fingerprint density at radius 1 is 1.22 bits per heavy atom. The molecule has 4 rings (SSSR count). The lowest BCUT2D eigenvalue weighted by Crippen LogP contribution is -2.18. The van der Waals surface area contributed by atoms with E-state index in [-0.39, 0.29) is 0 Å². The molecule has 6 heteroatoms. The van der Waals surface area contributed by atoms with Crippen molar-refractivity contribution in [2.75, 3.05) is 7.05 Å². The second-order valence-electron chi connectivity index (χ2n) is 6.15. The van der Waals surface area contributed by atoms with Crippen LogP contribution in [0.15, 0.2) is 28.9 Å². The van der Waals surface area contributed by atoms with Gasteiger partial charge in [-0.15, -0.1) is 11.3 Å². The van der Waals surface area contributed by atoms with Gasteiger partial charge >= 0.3 is 0 Å². The van der Waals surface area contributed by atoms with Crippen LogP contribution in [0.1, 0.15) is 34.7 Å². The molecule has 0 atom stereocenters. The highest BCUT2D eigenvalue weighted by Gasteiger charge is 2.20. The van der Waals surface area contributed by atoms with Crippen LogP contribution >= 0.6 is 11.3 Å². The summed E-state index contributed by atoms with van der Waals surface area (Å²) in [7, 11) is 2.14. The quantitative estimate of drug-likeness (QED) is 0.777. The number of thiophene rings is 1. The third-order valence-electron chi connectivity index (χ3n) is 4.30. The first-order chi connectivity index (χ1) is 11.3. The van der Waals surface area contributed by atoms with Gasteiger partial charge in [0.1, 0.15) is 11.5 Å². The molecule has 23 heavy (non-hydrogen) atoms. The predicted octanol–water partition coefficient (Wildman–Crippen LogP) is 3.64. The molecule has 120 valence electrons. The van der Waals surface area contributed by atoms with Crippen LogP contribution in [0.25, 0.3) is 10.6 Å². The minimum Gasteiger partial charge on any atom is -0.361 e. The van der Waals surface area contributed by atoms with Gasteiger partial charge in [0, 0.05) is 36.1 Å². The zero-order valence-electron chi connectivity index (χ0n) is 13.2. The zero-order chi connectivity index (χ0) is 15.6. The lowest BCUT2D eigenvalue weighted by atomic mass is 9.96. The maximum Gasteiger partial charge on any atom is 0.140 e. The molecule has 0 amide bonds. The lowest BCUT2D eigenvalue weighted by Gasteiger charge is -2.15. The Labute approximate surface area is 139 Å². The van der Waals surface area contributed by atoms with Gasteiger partial charge in [0.15, 0.2) is 0 Å². The maximum atomic E-state index is 5.51. The summed E-state index contributed by atoms with van der Waals surface area (Å²) in [5.74, 6) is 1.11. The molecule has 0 saturated carbocycles. The fourth-order valence-electron chi connectivity index (χ4n) is 3.15. The summed E-state index contributed by atoms with van der Waals surface area (Å²) in [6, 6.07) is 6.34. The normalized spacial score (nSPS) is 14.3. The summed E-state index contributed by atoms with van der Waals surface area (Å²) in [4.78, 5) is 4.87. The van der Waals surface area contributed by atoms with E-state index < -0.39 is 0 Å². The third kappa shape index (κ3) is 3.09. The standard InChI is InChI=1S/C17H20N4OS/c1-21(11-15-13-4-2-3-5-16(13)22-20-15)10-12-6-7-17(23-12)14-8-9-18-19-14/h6-9H,2-5,10-11H2,1H3,(H,18,19). The van der Waals surface area contributed by atoms with Crippen molar-refractivity contribution >= 4 is 11.3 Å². The van der Waals surface area contributed by atoms with Crippen molar-refractivity contribution in [2.45, 2.75) is 38.8 Å². The Morgan fingerprint density at radius 3 is 3.00 bits per heavy atom. The summed E-state index contributed by atoms with van der Waals surface area (Å²) in [6.45, 7) is 1.76. The number of aromatic amines is 1. The minimum absolute atomic E-state index is 0.843. The molecule has 3 aromatic rings. The third-order valence-corrected chi connectivity index (χ3v) is 5.41. The fourth-order valence-corrected chi connectivity index (χ4v) is 4.21. The summed E-state index contributed by atoms with van der Waals surface area (Å²) < 4.78 is 5.51. The monoisotopic (exact) mass is 328 g/mol. The number of nitrogens with one attached hydrogen (secondary N) is 1. The van der Waals surface area contributed by atoms with E-state index in [1.807, 2.05) is 6.07 Å². The van der Waals surface area contributed by atoms with Gasteiger partial charge in [-0.1, -0.05) is 5.16 Å². The van der Waals surface area contributed by atoms with Crippen LogP contribution in [-0.2, 0) is 25.9 Å². The summed E-state index contributed by atoms with van der Waals surface area (Å²) in [5.41, 5.74) is 3.55. The first-order valence-electron chi connectivity index (χ1n) is 8.03. The smallest absolute Gasteiger partial charge is 0.140 e. The number of hydrogen-bond acceptors (Lipinski definition) is 5. The summed E-state index contributed by atoms with van der Waals surface area (Å²) in [5, 5.41) is 11.3. The van der Waals surface area contributed by atoms with Crippen LogP contribution in [0.3, 0.4) is 0 Å². The predicted molar refractivity (Wildman–Crippen MR) is 90.2 cm³/mol. The van der Waals surface area contributed by atoms with Gasteiger partial charge in [0.25, 0.3) is 0 Å². The Morgan fingerprint density at radius 2 is 2.13 bits per heavy atom. The van der Waals surface area contributed by atoms with E-state index in [0.717, 1.165) is 43.1 Å². The Balaban J connectivity index is 1.42. The van der Waals surface area contributed by atoms with Crippen molar-refractivity contribution in [3.05, 3.63) is 46.3 Å². The number of hydrogen-bond donors (Lipinski definition) is 1. The first kappa shape index (κ1) is 14.7. The molecule has 1 aliphatic rings. The van der Waals surface area contributed by atoms with E-state index in [4.69, 9.17) is 4.52 Å². The number of rotatable bonds is 5. The number of aromatic nitrogens is 3. The average molecular weight is 328 g/mol. The molecule has 3 aromatic heterocycles. The van der Waals surface area contributed by atoms with Gasteiger partial charge in [0.2, 0.25) is 0 Å². The molecule has 0 fully saturated rings. The number of aryl methyl sites for hydroxylation is 1. The second kappa shape index (κ2) is 6.29. The molecule has 0 bridgehead atoms. The molecular weight excluding hydrogens is 308 g/mol. The summed E-state index contributed by atoms with van der Waals surface area (Å²) in [6.07, 6.45) is 6.43. The van der Waals surface area contributed by atoms with Crippen LogP contribution in [0, 0.1) is 0 Å². The van der Waals surface area contributed by atoms with Crippen molar-refractivity contribution in [1.82, 2.24) is 20.3 Å². The van der Waals surface area contributed by atoms with E-state index in [9.17, 15) is 0 Å². The van der Waals surface area contributed by atoms with E-state index in [0.29, 0.717) is 0 Å². The van der Waals surface area contributed by atoms with Gasteiger partial charge in [0.05, 0.1) is 10.6 Å². The van der Waals surface area contributed by atoms with E-state index in [2.05, 4.69) is 39.4 Å². The first-order valence-corrected chi connectivity index (χ1v) is 8.84. The van der Waals surface area contributed by atoms with Crippen LogP contribution < -0.4 is 0 Å². The largest absolute Gasteiger partial charge is 0.361 e. The minimum atomic E-state index is 0.843. The molecule has 3 heterocycles. The van der Waals surface area contributed by atoms with Gasteiger partial charge in [-0.2, -0.15) is 5.10 Å². The van der Waals surface area contributed by atoms with Crippen LogP contribution in [0.2, 0.25) is 0 Å². The molecule has 0 spiro atoms. The Bertz CT molecular complexity index is 774. The van der Waals surface area contributed by atoms with Crippen molar-refractivity contribution in [3.63, 3.8) is 0 Å². The van der Waals surface area contributed by atoms with E-state index in [1.165, 1.54) is 28.2 Å². The topological polar surface area (TPSA) is 58.0 Å². The molecule has 5 nitrogen and oxygen atoms in total. The highest BCUT2D eigenvalue weighted by Crippen LogP contribution is 2.28.